The van der Waals surface area contributed by atoms with E-state index in [-0.39, 0.29) is 0 Å². The van der Waals surface area contributed by atoms with E-state index in [1.165, 1.54) is 0 Å². The average Bonchev–Trinajstić information content (AvgIpc) is 2.41. The monoisotopic (exact) mass is 269 g/mol. The highest BCUT2D eigenvalue weighted by molar-refractivity contribution is 5.65. The van der Waals surface area contributed by atoms with Gasteiger partial charge in [0.25, 0.3) is 0 Å². The molecule has 3 N–H and O–H groups in total. The van der Waals surface area contributed by atoms with Gasteiger partial charge in [0, 0.05) is 11.4 Å². The van der Waals surface area contributed by atoms with Gasteiger partial charge in [-0.3, -0.25) is 0 Å². The van der Waals surface area contributed by atoms with Crippen LogP contribution in [0, 0.1) is 13.8 Å². The highest BCUT2D eigenvalue weighted by Crippen LogP contribution is 2.22. The van der Waals surface area contributed by atoms with Crippen molar-refractivity contribution in [3.8, 4) is 0 Å². The number of aryl methyl sites for hydroxylation is 2. The lowest BCUT2D eigenvalue weighted by Crippen LogP contribution is -2.05. The van der Waals surface area contributed by atoms with Crippen LogP contribution >= 0.6 is 0 Å². The maximum atomic E-state index is 5.80. The third-order valence-corrected chi connectivity index (χ3v) is 3.00. The van der Waals surface area contributed by atoms with Crippen molar-refractivity contribution in [3.63, 3.8) is 0 Å². The van der Waals surface area contributed by atoms with E-state index in [4.69, 9.17) is 5.73 Å². The van der Waals surface area contributed by atoms with E-state index in [1.54, 1.807) is 0 Å². The molecule has 2 aromatic rings. The molecule has 0 radical (unpaired) electrons. The molecule has 0 bridgehead atoms. The predicted octanol–water partition coefficient (Wildman–Crippen LogP) is 3.24. The van der Waals surface area contributed by atoms with Gasteiger partial charge in [-0.1, -0.05) is 19.6 Å². The van der Waals surface area contributed by atoms with Crippen molar-refractivity contribution in [1.29, 1.82) is 0 Å². The van der Waals surface area contributed by atoms with Crippen LogP contribution < -0.4 is 11.1 Å². The molecule has 0 spiro atoms. The Morgan fingerprint density at radius 3 is 2.70 bits per heavy atom. The van der Waals surface area contributed by atoms with Crippen LogP contribution in [0.2, 0.25) is 0 Å². The van der Waals surface area contributed by atoms with Gasteiger partial charge in [-0.05, 0) is 43.5 Å². The van der Waals surface area contributed by atoms with Crippen LogP contribution in [0.1, 0.15) is 30.6 Å². The smallest absolute Gasteiger partial charge is 0.231 e. The van der Waals surface area contributed by atoms with Gasteiger partial charge in [-0.2, -0.15) is 9.97 Å². The van der Waals surface area contributed by atoms with Gasteiger partial charge >= 0.3 is 0 Å². The zero-order valence-electron chi connectivity index (χ0n) is 12.1. The molecule has 0 saturated heterocycles. The molecule has 5 heteroatoms. The van der Waals surface area contributed by atoms with E-state index >= 15 is 0 Å². The van der Waals surface area contributed by atoms with Gasteiger partial charge in [-0.25, -0.2) is 4.98 Å². The summed E-state index contributed by atoms with van der Waals surface area (Å²) in [5.74, 6) is 1.80. The molecular weight excluding hydrogens is 250 g/mol. The van der Waals surface area contributed by atoms with E-state index in [9.17, 15) is 0 Å². The second kappa shape index (κ2) is 5.69. The molecule has 0 saturated carbocycles. The fourth-order valence-corrected chi connectivity index (χ4v) is 1.75. The minimum Gasteiger partial charge on any atom is -0.399 e. The lowest BCUT2D eigenvalue weighted by molar-refractivity contribution is 0.949. The van der Waals surface area contributed by atoms with Crippen LogP contribution in [-0.4, -0.2) is 15.0 Å². The molecule has 0 aliphatic carbocycles. The molecule has 0 unspecified atom stereocenters. The van der Waals surface area contributed by atoms with Gasteiger partial charge in [-0.15, -0.1) is 0 Å². The molecule has 104 valence electrons. The van der Waals surface area contributed by atoms with Crippen LogP contribution in [0.4, 0.5) is 17.3 Å². The molecular formula is C15H19N5. The SMILES string of the molecule is C=C(CC)c1nc(C)nc(Nc2cc(N)ccc2C)n1. The van der Waals surface area contributed by atoms with Crippen LogP contribution in [0.25, 0.3) is 5.57 Å². The van der Waals surface area contributed by atoms with Crippen molar-refractivity contribution in [2.75, 3.05) is 11.1 Å². The Morgan fingerprint density at radius 2 is 2.00 bits per heavy atom. The Morgan fingerprint density at radius 1 is 1.25 bits per heavy atom. The maximum absolute atomic E-state index is 5.80. The van der Waals surface area contributed by atoms with Crippen molar-refractivity contribution < 1.29 is 0 Å². The Hall–Kier alpha value is -2.43. The summed E-state index contributed by atoms with van der Waals surface area (Å²) < 4.78 is 0. The quantitative estimate of drug-likeness (QED) is 0.833. The zero-order valence-corrected chi connectivity index (χ0v) is 12.1. The summed E-state index contributed by atoms with van der Waals surface area (Å²) in [5.41, 5.74) is 9.36. The van der Waals surface area contributed by atoms with Gasteiger partial charge in [0.2, 0.25) is 5.95 Å². The van der Waals surface area contributed by atoms with E-state index < -0.39 is 0 Å². The minimum absolute atomic E-state index is 0.510. The van der Waals surface area contributed by atoms with Crippen molar-refractivity contribution in [2.24, 2.45) is 0 Å². The standard InChI is InChI=1S/C15H19N5/c1-5-9(2)14-17-11(4)18-15(20-14)19-13-8-12(16)7-6-10(13)3/h6-8H,2,5,16H2,1,3-4H3,(H,17,18,19,20). The molecule has 1 heterocycles. The van der Waals surface area contributed by atoms with E-state index in [0.29, 0.717) is 23.3 Å². The number of nitrogens with two attached hydrogens (primary N) is 1. The second-order valence-electron chi connectivity index (χ2n) is 4.69. The molecule has 20 heavy (non-hydrogen) atoms. The number of hydrogen-bond acceptors (Lipinski definition) is 5. The molecule has 0 aliphatic heterocycles. The lowest BCUT2D eigenvalue weighted by Gasteiger charge is -2.10. The van der Waals surface area contributed by atoms with Gasteiger partial charge < -0.3 is 11.1 Å². The van der Waals surface area contributed by atoms with Gasteiger partial charge in [0.1, 0.15) is 5.82 Å². The molecule has 1 aromatic carbocycles. The molecule has 0 fully saturated rings. The Kier molecular flexibility index (Phi) is 3.98. The first-order valence-corrected chi connectivity index (χ1v) is 6.53. The number of hydrogen-bond donors (Lipinski definition) is 2. The number of nitrogens with one attached hydrogen (secondary N) is 1. The number of benzene rings is 1. The van der Waals surface area contributed by atoms with E-state index in [1.807, 2.05) is 39.0 Å². The highest BCUT2D eigenvalue weighted by Gasteiger charge is 2.07. The normalized spacial score (nSPS) is 10.3. The van der Waals surface area contributed by atoms with Gasteiger partial charge in [0.15, 0.2) is 5.82 Å². The zero-order chi connectivity index (χ0) is 14.7. The fraction of sp³-hybridized carbons (Fsp3) is 0.267. The summed E-state index contributed by atoms with van der Waals surface area (Å²) in [5, 5.41) is 3.19. The van der Waals surface area contributed by atoms with E-state index in [2.05, 4.69) is 26.8 Å². The Balaban J connectivity index is 2.36. The third kappa shape index (κ3) is 3.12. The largest absolute Gasteiger partial charge is 0.399 e. The minimum atomic E-state index is 0.510. The summed E-state index contributed by atoms with van der Waals surface area (Å²) >= 11 is 0. The van der Waals surface area contributed by atoms with Crippen molar-refractivity contribution in [3.05, 3.63) is 42.0 Å². The number of rotatable bonds is 4. The Bertz CT molecular complexity index is 649. The number of nitrogen functional groups attached to an aromatic ring is 1. The topological polar surface area (TPSA) is 76.7 Å². The summed E-state index contributed by atoms with van der Waals surface area (Å²) in [6.07, 6.45) is 0.806. The van der Waals surface area contributed by atoms with Crippen molar-refractivity contribution >= 4 is 22.9 Å². The summed E-state index contributed by atoms with van der Waals surface area (Å²) in [6, 6.07) is 5.68. The molecule has 0 aliphatic rings. The number of nitrogens with zero attached hydrogens (tertiary/aromatic N) is 3. The van der Waals surface area contributed by atoms with Crippen LogP contribution in [0.15, 0.2) is 24.8 Å². The third-order valence-electron chi connectivity index (χ3n) is 3.00. The molecule has 2 rings (SSSR count). The Labute approximate surface area is 119 Å². The van der Waals surface area contributed by atoms with Crippen molar-refractivity contribution in [2.45, 2.75) is 27.2 Å². The summed E-state index contributed by atoms with van der Waals surface area (Å²) in [7, 11) is 0. The predicted molar refractivity (Wildman–Crippen MR) is 82.8 cm³/mol. The lowest BCUT2D eigenvalue weighted by atomic mass is 10.2. The maximum Gasteiger partial charge on any atom is 0.231 e. The first-order valence-electron chi connectivity index (χ1n) is 6.53. The summed E-state index contributed by atoms with van der Waals surface area (Å²) in [4.78, 5) is 13.0. The van der Waals surface area contributed by atoms with Crippen LogP contribution in [0.5, 0.6) is 0 Å². The highest BCUT2D eigenvalue weighted by atomic mass is 15.2. The number of aromatic nitrogens is 3. The van der Waals surface area contributed by atoms with Crippen molar-refractivity contribution in [1.82, 2.24) is 15.0 Å². The first kappa shape index (κ1) is 14.0. The molecule has 0 amide bonds. The van der Waals surface area contributed by atoms with Gasteiger partial charge in [0.05, 0.1) is 0 Å². The average molecular weight is 269 g/mol. The molecule has 5 nitrogen and oxygen atoms in total. The first-order chi connectivity index (χ1) is 9.49. The van der Waals surface area contributed by atoms with Crippen LogP contribution in [0.3, 0.4) is 0 Å². The fourth-order valence-electron chi connectivity index (χ4n) is 1.75. The molecule has 1 aromatic heterocycles. The van der Waals surface area contributed by atoms with E-state index in [0.717, 1.165) is 23.2 Å². The number of allylic oxidation sites excluding steroid dienone is 1. The van der Waals surface area contributed by atoms with Crippen LogP contribution in [-0.2, 0) is 0 Å². The number of anilines is 3. The second-order valence-corrected chi connectivity index (χ2v) is 4.69. The molecule has 0 atom stereocenters. The summed E-state index contributed by atoms with van der Waals surface area (Å²) in [6.45, 7) is 9.83.